The van der Waals surface area contributed by atoms with Crippen molar-refractivity contribution in [2.45, 2.75) is 61.4 Å². The third-order valence-electron chi connectivity index (χ3n) is 19.2. The Hall–Kier alpha value is -17.3. The van der Waals surface area contributed by atoms with E-state index in [-0.39, 0.29) is 18.2 Å². The number of benzene rings is 9. The van der Waals surface area contributed by atoms with Gasteiger partial charge in [-0.1, -0.05) is 0 Å². The normalized spacial score (nSPS) is 20.4. The number of phenols is 25. The van der Waals surface area contributed by atoms with Crippen molar-refractivity contribution >= 4 is 53.7 Å². The summed E-state index contributed by atoms with van der Waals surface area (Å²) in [5.74, 6) is -60.2. The molecule has 5 aliphatic heterocycles. The largest absolute Gasteiger partial charge is 0.504 e. The maximum atomic E-state index is 15.6. The summed E-state index contributed by atoms with van der Waals surface area (Å²) in [6, 6.07) is 4.22. The van der Waals surface area contributed by atoms with Gasteiger partial charge in [0.25, 0.3) is 0 Å². The van der Waals surface area contributed by atoms with E-state index in [2.05, 4.69) is 0 Å². The Labute approximate surface area is 675 Å². The van der Waals surface area contributed by atoms with Crippen LogP contribution in [0.3, 0.4) is 0 Å². The molecule has 123 heavy (non-hydrogen) atoms. The second-order valence-electron chi connectivity index (χ2n) is 26.7. The monoisotopic (exact) mass is 1720 g/mol. The van der Waals surface area contributed by atoms with Crippen LogP contribution in [-0.2, 0) is 52.1 Å². The predicted molar refractivity (Wildman–Crippen MR) is 378 cm³/mol. The van der Waals surface area contributed by atoms with E-state index in [4.69, 9.17) is 61.6 Å². The number of aromatic hydroxyl groups is 25. The number of hydrogen-bond donors (Lipinski definition) is 26. The standard InChI is InChI=1S/C75H52O48/c76-24-1-15(2-25(77)42(24)86)65(101)119-61-59-36(13-111-68(104)18-7-29(81)45(89)51(95)38(18)40-20(70(106)117-59)9-31(83)47(91)53(40)97)115-74(110)63(61)121-72(108)22-11-33(85)49(93)55(99)57(22)114-35-12-23-58(56(100)50(35)94)113-34-6-17(5-28(80)44(34)88)67(103)123-75-64(122-73(23)109)62(120-66(102)16-3-26(78)43(87)27(79)4-16)60-37(116-75)14-112-69(105)19-8-30(82)46(90)52(96)39(19)41-21(71(107)118-60)10-32(84)48(92)54(41)98/h1-12,36-37,59-64,74-100,110H,13-14H2. The topological polar surface area (TPSA) is 800 Å². The number of aliphatic hydroxyl groups is 1. The molecule has 2 fully saturated rings. The van der Waals surface area contributed by atoms with Crippen LogP contribution >= 0.6 is 0 Å². The van der Waals surface area contributed by atoms with Gasteiger partial charge in [-0.15, -0.1) is 0 Å². The number of esters is 9. The van der Waals surface area contributed by atoms with Gasteiger partial charge in [-0.3, -0.25) is 0 Å². The summed E-state index contributed by atoms with van der Waals surface area (Å²) in [4.78, 5) is 132. The molecule has 9 aromatic carbocycles. The zero-order valence-electron chi connectivity index (χ0n) is 60.2. The lowest BCUT2D eigenvalue weighted by molar-refractivity contribution is -0.284. The molecule has 2 bridgehead atoms. The minimum absolute atomic E-state index is 0.125. The molecule has 14 rings (SSSR count). The lowest BCUT2D eigenvalue weighted by Crippen LogP contribution is -2.63. The van der Waals surface area contributed by atoms with Crippen LogP contribution in [0, 0.1) is 0 Å². The molecule has 10 unspecified atom stereocenters. The van der Waals surface area contributed by atoms with Crippen molar-refractivity contribution in [3.05, 3.63) is 123 Å². The van der Waals surface area contributed by atoms with Crippen LogP contribution in [0.25, 0.3) is 22.3 Å². The lowest BCUT2D eigenvalue weighted by atomic mass is 9.92. The Morgan fingerprint density at radius 3 is 1.15 bits per heavy atom. The van der Waals surface area contributed by atoms with Crippen molar-refractivity contribution in [2.75, 3.05) is 13.2 Å². The smallest absolute Gasteiger partial charge is 0.342 e. The summed E-state index contributed by atoms with van der Waals surface area (Å²) in [6.07, 6.45) is -27.4. The van der Waals surface area contributed by atoms with E-state index in [1.807, 2.05) is 0 Å². The summed E-state index contributed by atoms with van der Waals surface area (Å²) in [6.45, 7) is -2.86. The molecule has 0 aliphatic carbocycles. The highest BCUT2D eigenvalue weighted by Gasteiger charge is 2.58. The zero-order chi connectivity index (χ0) is 89.3. The lowest BCUT2D eigenvalue weighted by Gasteiger charge is -2.44. The minimum Gasteiger partial charge on any atom is -0.504 e. The van der Waals surface area contributed by atoms with Gasteiger partial charge < -0.3 is 194 Å². The number of carbonyl (C=O) groups excluding carboxylic acids is 9. The molecule has 0 saturated carbocycles. The van der Waals surface area contributed by atoms with Crippen LogP contribution in [0.5, 0.6) is 167 Å². The average molecular weight is 1720 g/mol. The number of cyclic esters (lactones) is 2. The van der Waals surface area contributed by atoms with Crippen molar-refractivity contribution in [2.24, 2.45) is 0 Å². The molecule has 0 aromatic heterocycles. The number of rotatable bonds is 8. The fraction of sp³-hybridized carbons (Fsp3) is 0.160. The highest BCUT2D eigenvalue weighted by atomic mass is 16.8. The highest BCUT2D eigenvalue weighted by molar-refractivity contribution is 6.10. The molecule has 10 atom stereocenters. The molecule has 9 aromatic rings. The summed E-state index contributed by atoms with van der Waals surface area (Å²) in [5, 5.41) is 286. The first kappa shape index (κ1) is 82.2. The Balaban J connectivity index is 0.890. The summed E-state index contributed by atoms with van der Waals surface area (Å²) in [7, 11) is 0. The first-order valence-electron chi connectivity index (χ1n) is 34.2. The van der Waals surface area contributed by atoms with Gasteiger partial charge in [-0.2, -0.15) is 0 Å². The maximum absolute atomic E-state index is 15.6. The summed E-state index contributed by atoms with van der Waals surface area (Å²) >= 11 is 0. The van der Waals surface area contributed by atoms with Crippen LogP contribution in [0.2, 0.25) is 0 Å². The van der Waals surface area contributed by atoms with Crippen molar-refractivity contribution in [3.63, 3.8) is 0 Å². The van der Waals surface area contributed by atoms with E-state index in [1.165, 1.54) is 0 Å². The van der Waals surface area contributed by atoms with Gasteiger partial charge in [0.1, 0.15) is 36.5 Å². The van der Waals surface area contributed by atoms with Gasteiger partial charge in [0.2, 0.25) is 64.1 Å². The zero-order valence-corrected chi connectivity index (χ0v) is 60.2. The fourth-order valence-corrected chi connectivity index (χ4v) is 13.2. The first-order valence-corrected chi connectivity index (χ1v) is 34.2. The second-order valence-corrected chi connectivity index (χ2v) is 26.7. The quantitative estimate of drug-likeness (QED) is 0.0590. The number of hydrogen-bond acceptors (Lipinski definition) is 48. The summed E-state index contributed by atoms with van der Waals surface area (Å²) in [5.41, 5.74) is -15.6. The SMILES string of the molecule is O=C1OC2OC3COC(=O)c4cc(O)c(O)c(O)c4-c4c(cc(O)c(O)c4O)C(=O)OC3C(OC(=O)c3cc(O)c(O)c(O)c3)C2OC(=O)c2cc(Oc3c(C(=O)OC4C(O)OC5COC(=O)c6cc(O)c(O)c(O)c6-c6c(cc(O)c(O)c6O)C(=O)OC5C4OC(=O)c4cc(O)c(O)c(O)c4)cc(O)c(O)c3O)c(O)c(O)c2Oc2cc1cc(O)c2O. The fourth-order valence-electron chi connectivity index (χ4n) is 13.2. The Morgan fingerprint density at radius 2 is 0.691 bits per heavy atom. The molecule has 48 heteroatoms. The summed E-state index contributed by atoms with van der Waals surface area (Å²) < 4.78 is 73.7. The molecular formula is C75H52O48. The number of phenolic OH excluding ortho intramolecular Hbond substituents is 25. The highest BCUT2D eigenvalue weighted by Crippen LogP contribution is 2.58. The predicted octanol–water partition coefficient (Wildman–Crippen LogP) is 3.15. The van der Waals surface area contributed by atoms with E-state index in [0.29, 0.717) is 54.6 Å². The first-order chi connectivity index (χ1) is 58.0. The molecule has 5 heterocycles. The number of aliphatic hydroxyl groups excluding tert-OH is 1. The molecular weight excluding hydrogens is 1670 g/mol. The molecule has 2 saturated heterocycles. The Kier molecular flexibility index (Phi) is 20.3. The molecule has 640 valence electrons. The van der Waals surface area contributed by atoms with Gasteiger partial charge in [-0.05, 0) is 60.7 Å². The average Bonchev–Trinajstić information content (AvgIpc) is 1.73. The number of fused-ring (bicyclic) bond motifs is 12. The van der Waals surface area contributed by atoms with Crippen molar-refractivity contribution < 1.29 is 237 Å². The Morgan fingerprint density at radius 1 is 0.317 bits per heavy atom. The second kappa shape index (κ2) is 30.3. The molecule has 0 amide bonds. The van der Waals surface area contributed by atoms with Crippen LogP contribution in [0.15, 0.2) is 72.8 Å². The molecule has 0 radical (unpaired) electrons. The van der Waals surface area contributed by atoms with Crippen LogP contribution in [0.1, 0.15) is 93.2 Å². The minimum atomic E-state index is -2.94. The maximum Gasteiger partial charge on any atom is 0.342 e. The van der Waals surface area contributed by atoms with Gasteiger partial charge in [-0.25, -0.2) is 43.2 Å². The van der Waals surface area contributed by atoms with Gasteiger partial charge >= 0.3 is 53.7 Å². The Bertz CT molecular complexity index is 6100. The molecule has 0 spiro atoms. The van der Waals surface area contributed by atoms with Crippen LogP contribution in [0.4, 0.5) is 0 Å². The molecule has 26 N–H and O–H groups in total. The van der Waals surface area contributed by atoms with E-state index >= 15 is 14.4 Å². The van der Waals surface area contributed by atoms with E-state index in [9.17, 15) is 162 Å². The van der Waals surface area contributed by atoms with Crippen LogP contribution < -0.4 is 9.47 Å². The van der Waals surface area contributed by atoms with E-state index in [1.54, 1.807) is 0 Å². The number of ether oxygens (including phenoxy) is 13. The molecule has 48 nitrogen and oxygen atoms in total. The van der Waals surface area contributed by atoms with Crippen molar-refractivity contribution in [3.8, 4) is 189 Å². The van der Waals surface area contributed by atoms with Gasteiger partial charge in [0.15, 0.2) is 152 Å². The van der Waals surface area contributed by atoms with E-state index in [0.717, 1.165) is 0 Å². The van der Waals surface area contributed by atoms with E-state index < -0.39 is 367 Å². The van der Waals surface area contributed by atoms with Crippen molar-refractivity contribution in [1.29, 1.82) is 0 Å². The van der Waals surface area contributed by atoms with Crippen molar-refractivity contribution in [1.82, 2.24) is 0 Å². The molecule has 5 aliphatic rings. The third-order valence-corrected chi connectivity index (χ3v) is 19.2. The van der Waals surface area contributed by atoms with Crippen LogP contribution in [-0.4, -0.2) is 261 Å². The van der Waals surface area contributed by atoms with Gasteiger partial charge in [0, 0.05) is 34.4 Å². The third kappa shape index (κ3) is 14.0. The van der Waals surface area contributed by atoms with Gasteiger partial charge in [0.05, 0.1) is 38.9 Å². The number of carbonyl (C=O) groups is 9.